The summed E-state index contributed by atoms with van der Waals surface area (Å²) < 4.78 is 14.6. The number of esters is 2. The van der Waals surface area contributed by atoms with Gasteiger partial charge in [0.25, 0.3) is 0 Å². The maximum Gasteiger partial charge on any atom is 0.351 e. The van der Waals surface area contributed by atoms with Gasteiger partial charge in [-0.15, -0.1) is 0 Å². The van der Waals surface area contributed by atoms with E-state index in [4.69, 9.17) is 9.47 Å². The number of carbonyl (C=O) groups excluding carboxylic acids is 2. The molecule has 0 aromatic heterocycles. The zero-order chi connectivity index (χ0) is 11.1. The lowest BCUT2D eigenvalue weighted by Gasteiger charge is -2.26. The highest BCUT2D eigenvalue weighted by molar-refractivity contribution is 6.04. The molecule has 5 heteroatoms. The van der Waals surface area contributed by atoms with Gasteiger partial charge in [0.15, 0.2) is 0 Å². The Morgan fingerprint density at radius 2 is 2.13 bits per heavy atom. The van der Waals surface area contributed by atoms with Crippen molar-refractivity contribution in [2.45, 2.75) is 5.60 Å². The average Bonchev–Trinajstić information content (AvgIpc) is 2.51. The lowest BCUT2D eigenvalue weighted by molar-refractivity contribution is -0.157. The molecule has 1 fully saturated rings. The smallest absolute Gasteiger partial charge is 0.351 e. The van der Waals surface area contributed by atoms with E-state index in [9.17, 15) is 9.59 Å². The van der Waals surface area contributed by atoms with Crippen LogP contribution >= 0.6 is 0 Å². The van der Waals surface area contributed by atoms with Crippen LogP contribution in [0.5, 0.6) is 0 Å². The molecule has 15 heavy (non-hydrogen) atoms. The molecule has 0 aromatic rings. The molecule has 2 rings (SSSR count). The normalized spacial score (nSPS) is 33.5. The van der Waals surface area contributed by atoms with E-state index in [2.05, 4.69) is 4.74 Å². The molecule has 2 aliphatic rings. The Balaban J connectivity index is 2.48. The third kappa shape index (κ3) is 1.20. The van der Waals surface area contributed by atoms with Gasteiger partial charge in [0, 0.05) is 13.2 Å². The van der Waals surface area contributed by atoms with Crippen LogP contribution in [-0.2, 0) is 23.8 Å². The molecule has 0 N–H and O–H groups in total. The number of cyclic esters (lactones) is 2. The van der Waals surface area contributed by atoms with Crippen LogP contribution in [0.3, 0.4) is 0 Å². The van der Waals surface area contributed by atoms with Crippen LogP contribution < -0.4 is 0 Å². The van der Waals surface area contributed by atoms with E-state index < -0.39 is 23.5 Å². The standard InChI is InChI=1S/C10H10O5/c1-13-6-3-4-7-8(11)15-9(12)10(7,5-6)14-2/h3-5,7H,1-2H3. The summed E-state index contributed by atoms with van der Waals surface area (Å²) in [6, 6.07) is 0. The van der Waals surface area contributed by atoms with Crippen molar-refractivity contribution in [1.29, 1.82) is 0 Å². The van der Waals surface area contributed by atoms with Crippen LogP contribution in [0.2, 0.25) is 0 Å². The number of methoxy groups -OCH3 is 2. The number of ether oxygens (including phenoxy) is 3. The van der Waals surface area contributed by atoms with Crippen molar-refractivity contribution < 1.29 is 23.8 Å². The zero-order valence-corrected chi connectivity index (χ0v) is 8.35. The lowest BCUT2D eigenvalue weighted by Crippen LogP contribution is -2.42. The predicted molar refractivity (Wildman–Crippen MR) is 48.6 cm³/mol. The summed E-state index contributed by atoms with van der Waals surface area (Å²) in [5.74, 6) is -1.53. The van der Waals surface area contributed by atoms with Gasteiger partial charge in [-0.25, -0.2) is 4.79 Å². The monoisotopic (exact) mass is 210 g/mol. The van der Waals surface area contributed by atoms with Crippen molar-refractivity contribution in [3.05, 3.63) is 24.0 Å². The lowest BCUT2D eigenvalue weighted by atomic mass is 9.85. The van der Waals surface area contributed by atoms with Crippen LogP contribution in [0.25, 0.3) is 0 Å². The molecule has 0 aromatic carbocycles. The summed E-state index contributed by atoms with van der Waals surface area (Å²) in [6.45, 7) is 0. The Kier molecular flexibility index (Phi) is 2.12. The van der Waals surface area contributed by atoms with E-state index in [0.717, 1.165) is 0 Å². The van der Waals surface area contributed by atoms with E-state index in [1.807, 2.05) is 0 Å². The van der Waals surface area contributed by atoms with E-state index in [0.29, 0.717) is 5.76 Å². The molecular weight excluding hydrogens is 200 g/mol. The molecule has 0 radical (unpaired) electrons. The van der Waals surface area contributed by atoms with Crippen LogP contribution in [0.15, 0.2) is 24.0 Å². The summed E-state index contributed by atoms with van der Waals surface area (Å²) >= 11 is 0. The van der Waals surface area contributed by atoms with Crippen molar-refractivity contribution in [3.8, 4) is 0 Å². The summed E-state index contributed by atoms with van der Waals surface area (Å²) in [7, 11) is 2.83. The first-order chi connectivity index (χ1) is 7.14. The van der Waals surface area contributed by atoms with E-state index in [-0.39, 0.29) is 0 Å². The van der Waals surface area contributed by atoms with Gasteiger partial charge in [-0.05, 0) is 6.08 Å². The van der Waals surface area contributed by atoms with Crippen LogP contribution in [0.1, 0.15) is 0 Å². The predicted octanol–water partition coefficient (Wildman–Crippen LogP) is 0.171. The Morgan fingerprint density at radius 3 is 2.73 bits per heavy atom. The molecule has 1 saturated heterocycles. The average molecular weight is 210 g/mol. The first kappa shape index (κ1) is 9.92. The van der Waals surface area contributed by atoms with Gasteiger partial charge in [-0.1, -0.05) is 6.08 Å². The third-order valence-corrected chi connectivity index (χ3v) is 2.61. The number of carbonyl (C=O) groups is 2. The number of hydrogen-bond donors (Lipinski definition) is 0. The zero-order valence-electron chi connectivity index (χ0n) is 8.35. The van der Waals surface area contributed by atoms with Crippen molar-refractivity contribution in [1.82, 2.24) is 0 Å². The number of fused-ring (bicyclic) bond motifs is 1. The van der Waals surface area contributed by atoms with Crippen LogP contribution in [-0.4, -0.2) is 31.8 Å². The SMILES string of the molecule is COC1=CC2(OC)C(=O)OC(=O)C2C=C1. The third-order valence-electron chi connectivity index (χ3n) is 2.61. The van der Waals surface area contributed by atoms with Crippen molar-refractivity contribution in [3.63, 3.8) is 0 Å². The fraction of sp³-hybridized carbons (Fsp3) is 0.400. The number of hydrogen-bond acceptors (Lipinski definition) is 5. The highest BCUT2D eigenvalue weighted by Gasteiger charge is 2.57. The second-order valence-electron chi connectivity index (χ2n) is 3.29. The Labute approximate surface area is 86.3 Å². The summed E-state index contributed by atoms with van der Waals surface area (Å²) in [5, 5.41) is 0. The summed E-state index contributed by atoms with van der Waals surface area (Å²) in [4.78, 5) is 22.9. The fourth-order valence-electron chi connectivity index (χ4n) is 1.75. The minimum Gasteiger partial charge on any atom is -0.497 e. The van der Waals surface area contributed by atoms with Gasteiger partial charge in [-0.2, -0.15) is 0 Å². The number of allylic oxidation sites excluding steroid dienone is 1. The Bertz CT molecular complexity index is 381. The topological polar surface area (TPSA) is 61.8 Å². The highest BCUT2D eigenvalue weighted by Crippen LogP contribution is 2.37. The largest absolute Gasteiger partial charge is 0.497 e. The quantitative estimate of drug-likeness (QED) is 0.480. The van der Waals surface area contributed by atoms with Crippen molar-refractivity contribution in [2.75, 3.05) is 14.2 Å². The van der Waals surface area contributed by atoms with Gasteiger partial charge < -0.3 is 14.2 Å². The first-order valence-corrected chi connectivity index (χ1v) is 4.40. The van der Waals surface area contributed by atoms with Gasteiger partial charge >= 0.3 is 11.9 Å². The molecule has 0 bridgehead atoms. The second-order valence-corrected chi connectivity index (χ2v) is 3.29. The fourth-order valence-corrected chi connectivity index (χ4v) is 1.75. The highest BCUT2D eigenvalue weighted by atomic mass is 16.6. The molecule has 1 heterocycles. The molecule has 1 aliphatic heterocycles. The minimum absolute atomic E-state index is 0.472. The molecular formula is C10H10O5. The molecule has 1 aliphatic carbocycles. The van der Waals surface area contributed by atoms with Gasteiger partial charge in [0.05, 0.1) is 7.11 Å². The van der Waals surface area contributed by atoms with Gasteiger partial charge in [0.2, 0.25) is 5.60 Å². The number of rotatable bonds is 2. The van der Waals surface area contributed by atoms with Crippen molar-refractivity contribution in [2.24, 2.45) is 5.92 Å². The molecule has 2 unspecified atom stereocenters. The van der Waals surface area contributed by atoms with Crippen LogP contribution in [0, 0.1) is 5.92 Å². The molecule has 5 nitrogen and oxygen atoms in total. The molecule has 0 amide bonds. The van der Waals surface area contributed by atoms with E-state index in [1.54, 1.807) is 12.2 Å². The van der Waals surface area contributed by atoms with E-state index in [1.165, 1.54) is 20.3 Å². The molecule has 80 valence electrons. The van der Waals surface area contributed by atoms with Gasteiger partial charge in [-0.3, -0.25) is 4.79 Å². The maximum absolute atomic E-state index is 11.5. The second kappa shape index (κ2) is 3.20. The van der Waals surface area contributed by atoms with Gasteiger partial charge in [0.1, 0.15) is 11.7 Å². The van der Waals surface area contributed by atoms with E-state index >= 15 is 0 Å². The summed E-state index contributed by atoms with van der Waals surface area (Å²) in [6.07, 6.45) is 4.63. The van der Waals surface area contributed by atoms with Crippen molar-refractivity contribution >= 4 is 11.9 Å². The minimum atomic E-state index is -1.35. The Morgan fingerprint density at radius 1 is 1.40 bits per heavy atom. The van der Waals surface area contributed by atoms with Crippen LogP contribution in [0.4, 0.5) is 0 Å². The summed E-state index contributed by atoms with van der Waals surface area (Å²) in [5.41, 5.74) is -1.35. The maximum atomic E-state index is 11.5. The Hall–Kier alpha value is -1.62. The molecule has 2 atom stereocenters. The molecule has 0 spiro atoms. The molecule has 0 saturated carbocycles. The first-order valence-electron chi connectivity index (χ1n) is 4.40.